The van der Waals surface area contributed by atoms with Gasteiger partial charge in [-0.1, -0.05) is 18.6 Å². The third-order valence-corrected chi connectivity index (χ3v) is 10.1. The quantitative estimate of drug-likeness (QED) is 0.138. The van der Waals surface area contributed by atoms with Gasteiger partial charge in [0.25, 0.3) is 0 Å². The second-order valence-corrected chi connectivity index (χ2v) is 13.7. The minimum absolute atomic E-state index is 0. The smallest absolute Gasteiger partial charge is 0.418 e. The number of carbonyl (C=O) groups is 2. The van der Waals surface area contributed by atoms with Gasteiger partial charge < -0.3 is 39.4 Å². The molecular weight excluding hydrogens is 732 g/mol. The predicted octanol–water partition coefficient (Wildman–Crippen LogP) is 8.00. The highest BCUT2D eigenvalue weighted by molar-refractivity contribution is 7.59. The number of aromatic nitrogens is 1. The molecule has 55 heavy (non-hydrogen) atoms. The van der Waals surface area contributed by atoms with Gasteiger partial charge in [-0.05, 0) is 101 Å². The van der Waals surface area contributed by atoms with Crippen LogP contribution in [0, 0.1) is 0 Å². The van der Waals surface area contributed by atoms with Gasteiger partial charge in [0, 0.05) is 60.6 Å². The summed E-state index contributed by atoms with van der Waals surface area (Å²) in [6, 6.07) is 17.2. The summed E-state index contributed by atoms with van der Waals surface area (Å²) in [5, 5.41) is 6.52. The summed E-state index contributed by atoms with van der Waals surface area (Å²) in [5.74, 6) is 1.64. The molecule has 1 amide bonds. The molecule has 1 aromatic heterocycles. The second kappa shape index (κ2) is 20.4. The van der Waals surface area contributed by atoms with E-state index in [-0.39, 0.29) is 31.3 Å². The summed E-state index contributed by atoms with van der Waals surface area (Å²) < 4.78 is 59.0. The molecular formula is C41H52F3N5O5S. The number of fused-ring (bicyclic) bond motifs is 1. The maximum Gasteiger partial charge on any atom is 0.418 e. The number of aldehydes is 1. The van der Waals surface area contributed by atoms with Gasteiger partial charge in [-0.3, -0.25) is 9.78 Å². The van der Waals surface area contributed by atoms with Crippen LogP contribution in [0.3, 0.4) is 0 Å². The van der Waals surface area contributed by atoms with Gasteiger partial charge in [0.1, 0.15) is 17.8 Å². The molecule has 2 fully saturated rings. The van der Waals surface area contributed by atoms with Crippen LogP contribution >= 0.6 is 13.5 Å². The van der Waals surface area contributed by atoms with Gasteiger partial charge in [0.05, 0.1) is 31.7 Å². The Morgan fingerprint density at radius 1 is 0.945 bits per heavy atom. The first-order chi connectivity index (χ1) is 26.0. The molecule has 0 spiro atoms. The largest absolute Gasteiger partial charge is 0.493 e. The zero-order valence-corrected chi connectivity index (χ0v) is 32.9. The van der Waals surface area contributed by atoms with Crippen molar-refractivity contribution in [3.8, 4) is 23.0 Å². The van der Waals surface area contributed by atoms with Gasteiger partial charge in [0.2, 0.25) is 5.91 Å². The molecule has 2 saturated heterocycles. The number of nitrogens with zero attached hydrogens (tertiary/aromatic N) is 3. The number of nitrogens with one attached hydrogen (secondary N) is 2. The van der Waals surface area contributed by atoms with E-state index in [4.69, 9.17) is 14.2 Å². The fourth-order valence-corrected chi connectivity index (χ4v) is 7.07. The van der Waals surface area contributed by atoms with Gasteiger partial charge in [-0.2, -0.15) is 26.7 Å². The highest BCUT2D eigenvalue weighted by Gasteiger charge is 2.36. The number of benzene rings is 3. The Kier molecular flexibility index (Phi) is 16.0. The number of anilines is 2. The molecule has 2 N–H and O–H groups in total. The van der Waals surface area contributed by atoms with Crippen molar-refractivity contribution in [2.24, 2.45) is 0 Å². The van der Waals surface area contributed by atoms with Crippen LogP contribution in [-0.4, -0.2) is 82.1 Å². The second-order valence-electron chi connectivity index (χ2n) is 13.7. The average molecular weight is 784 g/mol. The van der Waals surface area contributed by atoms with Gasteiger partial charge in [-0.25, -0.2) is 0 Å². The molecule has 0 radical (unpaired) electrons. The molecule has 2 aliphatic heterocycles. The number of pyridine rings is 1. The Labute approximate surface area is 328 Å². The predicted molar refractivity (Wildman–Crippen MR) is 215 cm³/mol. The molecule has 3 heterocycles. The summed E-state index contributed by atoms with van der Waals surface area (Å²) in [4.78, 5) is 31.5. The van der Waals surface area contributed by atoms with E-state index >= 15 is 0 Å². The minimum atomic E-state index is -4.56. The maximum absolute atomic E-state index is 14.0. The molecule has 1 atom stereocenters. The van der Waals surface area contributed by atoms with Crippen LogP contribution in [0.2, 0.25) is 0 Å². The SMILES string of the molecule is CN1CCCCC1CCC=O.CNC1CCN(c2ccc(NC(=O)Cc3cccc(Oc4ccnc5cc(OC)c(OC)cc45)c3)cc2C(F)(F)F)CC1.S. The molecule has 298 valence electrons. The number of ether oxygens (including phenoxy) is 3. The summed E-state index contributed by atoms with van der Waals surface area (Å²) >= 11 is 0. The zero-order chi connectivity index (χ0) is 38.7. The Hall–Kier alpha value is -4.53. The van der Waals surface area contributed by atoms with Crippen molar-refractivity contribution in [2.45, 2.75) is 69.6 Å². The Bertz CT molecular complexity index is 1870. The number of amides is 1. The number of hydrogen-bond acceptors (Lipinski definition) is 9. The summed E-state index contributed by atoms with van der Waals surface area (Å²) in [6.07, 6.45) is 5.29. The molecule has 10 nitrogen and oxygen atoms in total. The summed E-state index contributed by atoms with van der Waals surface area (Å²) in [5.41, 5.74) is 0.739. The number of hydrogen-bond donors (Lipinski definition) is 2. The van der Waals surface area contributed by atoms with Gasteiger partial charge in [-0.15, -0.1) is 0 Å². The van der Waals surface area contributed by atoms with E-state index in [1.807, 2.05) is 7.05 Å². The highest BCUT2D eigenvalue weighted by atomic mass is 32.1. The first kappa shape index (κ1) is 43.2. The Morgan fingerprint density at radius 3 is 2.36 bits per heavy atom. The highest BCUT2D eigenvalue weighted by Crippen LogP contribution is 2.40. The molecule has 2 aliphatic rings. The number of rotatable bonds is 12. The average Bonchev–Trinajstić information content (AvgIpc) is 3.17. The fourth-order valence-electron chi connectivity index (χ4n) is 7.07. The number of alkyl halides is 3. The third-order valence-electron chi connectivity index (χ3n) is 10.1. The van der Waals surface area contributed by atoms with Crippen molar-refractivity contribution in [3.63, 3.8) is 0 Å². The minimum Gasteiger partial charge on any atom is -0.493 e. The molecule has 3 aromatic carbocycles. The van der Waals surface area contributed by atoms with Gasteiger partial charge in [0.15, 0.2) is 11.5 Å². The molecule has 14 heteroatoms. The van der Waals surface area contributed by atoms with E-state index in [2.05, 4.69) is 27.6 Å². The van der Waals surface area contributed by atoms with Crippen molar-refractivity contribution in [3.05, 3.63) is 78.0 Å². The monoisotopic (exact) mass is 783 g/mol. The molecule has 6 rings (SSSR count). The number of piperidine rings is 2. The first-order valence-electron chi connectivity index (χ1n) is 18.4. The standard InChI is InChI=1S/C32H33F3N4O4.C9H17NO.H2S/c1-36-21-10-13-39(14-11-21)27-8-7-22(17-25(27)32(33,34)35)38-31(40)16-20-5-4-6-23(15-20)43-28-9-12-37-26-19-30(42-3)29(41-2)18-24(26)28;1-10-7-3-2-5-9(10)6-4-8-11;/h4-9,12,15,17-19,21,36H,10-11,13-14,16H2,1-3H3,(H,38,40);8-9H,2-7H2,1H3;1H2. The van der Waals surface area contributed by atoms with Crippen LogP contribution < -0.4 is 29.7 Å². The Balaban J connectivity index is 0.000000483. The van der Waals surface area contributed by atoms with E-state index in [9.17, 15) is 22.8 Å². The Morgan fingerprint density at radius 2 is 1.69 bits per heavy atom. The van der Waals surface area contributed by atoms with Crippen LogP contribution in [0.25, 0.3) is 10.9 Å². The molecule has 1 unspecified atom stereocenters. The summed E-state index contributed by atoms with van der Waals surface area (Å²) in [6.45, 7) is 2.26. The van der Waals surface area contributed by atoms with E-state index in [1.54, 1.807) is 67.8 Å². The topological polar surface area (TPSA) is 105 Å². The molecule has 0 saturated carbocycles. The van der Waals surface area contributed by atoms with Gasteiger partial charge >= 0.3 is 6.18 Å². The fraction of sp³-hybridized carbons (Fsp3) is 0.439. The molecule has 0 bridgehead atoms. The van der Waals surface area contributed by atoms with Crippen LogP contribution in [0.1, 0.15) is 56.1 Å². The van der Waals surface area contributed by atoms with Crippen LogP contribution in [-0.2, 0) is 22.2 Å². The van der Waals surface area contributed by atoms with E-state index < -0.39 is 17.6 Å². The molecule has 0 aliphatic carbocycles. The lowest BCUT2D eigenvalue weighted by molar-refractivity contribution is -0.137. The van der Waals surface area contributed by atoms with Crippen molar-refractivity contribution >= 4 is 48.0 Å². The third kappa shape index (κ3) is 11.7. The van der Waals surface area contributed by atoms with Crippen molar-refractivity contribution in [1.82, 2.24) is 15.2 Å². The lowest BCUT2D eigenvalue weighted by Gasteiger charge is -2.35. The van der Waals surface area contributed by atoms with E-state index in [1.165, 1.54) is 37.9 Å². The lowest BCUT2D eigenvalue weighted by Crippen LogP contribution is -2.41. The van der Waals surface area contributed by atoms with Crippen LogP contribution in [0.5, 0.6) is 23.0 Å². The van der Waals surface area contributed by atoms with Crippen LogP contribution in [0.4, 0.5) is 24.5 Å². The number of carbonyl (C=O) groups excluding carboxylic acids is 2. The first-order valence-corrected chi connectivity index (χ1v) is 18.4. The summed E-state index contributed by atoms with van der Waals surface area (Å²) in [7, 11) is 7.11. The van der Waals surface area contributed by atoms with E-state index in [0.717, 1.165) is 38.0 Å². The molecule has 4 aromatic rings. The zero-order valence-electron chi connectivity index (χ0n) is 31.9. The lowest BCUT2D eigenvalue weighted by atomic mass is 9.99. The van der Waals surface area contributed by atoms with Crippen molar-refractivity contribution in [1.29, 1.82) is 0 Å². The van der Waals surface area contributed by atoms with E-state index in [0.29, 0.717) is 64.6 Å². The maximum atomic E-state index is 14.0. The number of likely N-dealkylation sites (tertiary alicyclic amines) is 1. The normalized spacial score (nSPS) is 16.3. The van der Waals surface area contributed by atoms with Crippen molar-refractivity contribution in [2.75, 3.05) is 58.2 Å². The number of methoxy groups -OCH3 is 2. The number of halogens is 3. The van der Waals surface area contributed by atoms with Crippen molar-refractivity contribution < 1.29 is 37.0 Å². The van der Waals surface area contributed by atoms with Crippen LogP contribution in [0.15, 0.2) is 66.9 Å².